The fourth-order valence-electron chi connectivity index (χ4n) is 1.53. The molecule has 2 aromatic rings. The Kier molecular flexibility index (Phi) is 3.71. The highest BCUT2D eigenvalue weighted by Crippen LogP contribution is 2.12. The maximum atomic E-state index is 11.6. The Balaban J connectivity index is 2.18. The van der Waals surface area contributed by atoms with Gasteiger partial charge in [-0.15, -0.1) is 16.4 Å². The molecule has 0 aliphatic carbocycles. The van der Waals surface area contributed by atoms with Crippen LogP contribution in [0.15, 0.2) is 5.38 Å². The van der Waals surface area contributed by atoms with Gasteiger partial charge in [0.15, 0.2) is 5.69 Å². The number of hydrogen-bond donors (Lipinski definition) is 0. The minimum absolute atomic E-state index is 0.267. The van der Waals surface area contributed by atoms with E-state index in [1.807, 2.05) is 12.3 Å². The molecule has 0 aromatic carbocycles. The summed E-state index contributed by atoms with van der Waals surface area (Å²) in [6.45, 7) is 6.35. The van der Waals surface area contributed by atoms with E-state index in [-0.39, 0.29) is 5.69 Å². The lowest BCUT2D eigenvalue weighted by atomic mass is 10.3. The number of aryl methyl sites for hydroxylation is 1. The zero-order valence-electron chi connectivity index (χ0n) is 10.5. The molecule has 0 atom stereocenters. The molecule has 2 aromatic heterocycles. The van der Waals surface area contributed by atoms with E-state index in [0.717, 1.165) is 10.7 Å². The van der Waals surface area contributed by atoms with E-state index in [1.54, 1.807) is 29.9 Å². The fourth-order valence-corrected chi connectivity index (χ4v) is 2.14. The van der Waals surface area contributed by atoms with Gasteiger partial charge >= 0.3 is 5.97 Å². The molecular weight excluding hydrogens is 252 g/mol. The van der Waals surface area contributed by atoms with Gasteiger partial charge in [0, 0.05) is 5.38 Å². The summed E-state index contributed by atoms with van der Waals surface area (Å²) < 4.78 is 6.56. The van der Waals surface area contributed by atoms with Gasteiger partial charge in [-0.25, -0.2) is 14.5 Å². The average Bonchev–Trinajstić information content (AvgIpc) is 2.88. The molecule has 0 spiro atoms. The van der Waals surface area contributed by atoms with E-state index in [4.69, 9.17) is 4.74 Å². The monoisotopic (exact) mass is 266 g/mol. The van der Waals surface area contributed by atoms with Gasteiger partial charge in [-0.1, -0.05) is 5.21 Å². The van der Waals surface area contributed by atoms with Crippen LogP contribution in [0.3, 0.4) is 0 Å². The highest BCUT2D eigenvalue weighted by atomic mass is 32.1. The van der Waals surface area contributed by atoms with Crippen LogP contribution in [-0.2, 0) is 11.3 Å². The SMILES string of the molecule is CCOC(=O)c1nnn(Cc2csc(C)n2)c1C. The molecular formula is C11H14N4O2S. The lowest BCUT2D eigenvalue weighted by Crippen LogP contribution is -2.09. The van der Waals surface area contributed by atoms with Gasteiger partial charge in [0.1, 0.15) is 0 Å². The molecule has 0 aliphatic heterocycles. The van der Waals surface area contributed by atoms with E-state index in [0.29, 0.717) is 18.8 Å². The van der Waals surface area contributed by atoms with E-state index >= 15 is 0 Å². The maximum absolute atomic E-state index is 11.6. The number of ether oxygens (including phenoxy) is 1. The quantitative estimate of drug-likeness (QED) is 0.786. The predicted molar refractivity (Wildman–Crippen MR) is 66.7 cm³/mol. The molecule has 0 saturated heterocycles. The molecule has 0 saturated carbocycles. The molecule has 0 unspecified atom stereocenters. The molecule has 0 fully saturated rings. The lowest BCUT2D eigenvalue weighted by Gasteiger charge is -2.01. The van der Waals surface area contributed by atoms with Gasteiger partial charge in [0.25, 0.3) is 0 Å². The number of rotatable bonds is 4. The molecule has 2 heterocycles. The first-order chi connectivity index (χ1) is 8.61. The molecule has 6 nitrogen and oxygen atoms in total. The van der Waals surface area contributed by atoms with Crippen LogP contribution >= 0.6 is 11.3 Å². The summed E-state index contributed by atoms with van der Waals surface area (Å²) in [6.07, 6.45) is 0. The number of esters is 1. The van der Waals surface area contributed by atoms with Crippen molar-refractivity contribution in [2.45, 2.75) is 27.3 Å². The van der Waals surface area contributed by atoms with Crippen LogP contribution in [0.4, 0.5) is 0 Å². The number of nitrogens with zero attached hydrogens (tertiary/aromatic N) is 4. The van der Waals surface area contributed by atoms with Gasteiger partial charge in [-0.05, 0) is 20.8 Å². The first kappa shape index (κ1) is 12.7. The van der Waals surface area contributed by atoms with Crippen LogP contribution in [0.25, 0.3) is 0 Å². The second kappa shape index (κ2) is 5.26. The fraction of sp³-hybridized carbons (Fsp3) is 0.455. The lowest BCUT2D eigenvalue weighted by molar-refractivity contribution is 0.0518. The summed E-state index contributed by atoms with van der Waals surface area (Å²) >= 11 is 1.59. The Labute approximate surface area is 109 Å². The van der Waals surface area contributed by atoms with E-state index < -0.39 is 5.97 Å². The summed E-state index contributed by atoms with van der Waals surface area (Å²) in [6, 6.07) is 0. The molecule has 7 heteroatoms. The number of hydrogen-bond acceptors (Lipinski definition) is 6. The largest absolute Gasteiger partial charge is 0.461 e. The molecule has 96 valence electrons. The van der Waals surface area contributed by atoms with Crippen molar-refractivity contribution < 1.29 is 9.53 Å². The van der Waals surface area contributed by atoms with Crippen LogP contribution in [0.1, 0.15) is 33.8 Å². The number of thiazole rings is 1. The van der Waals surface area contributed by atoms with E-state index in [9.17, 15) is 4.79 Å². The highest BCUT2D eigenvalue weighted by Gasteiger charge is 2.17. The first-order valence-electron chi connectivity index (χ1n) is 5.60. The minimum Gasteiger partial charge on any atom is -0.461 e. The normalized spacial score (nSPS) is 10.6. The third-order valence-electron chi connectivity index (χ3n) is 2.43. The van der Waals surface area contributed by atoms with Crippen LogP contribution in [0.2, 0.25) is 0 Å². The van der Waals surface area contributed by atoms with Crippen molar-refractivity contribution in [3.8, 4) is 0 Å². The first-order valence-corrected chi connectivity index (χ1v) is 6.48. The van der Waals surface area contributed by atoms with Gasteiger partial charge in [0.2, 0.25) is 0 Å². The smallest absolute Gasteiger partial charge is 0.360 e. The molecule has 0 radical (unpaired) electrons. The summed E-state index contributed by atoms with van der Waals surface area (Å²) in [7, 11) is 0. The van der Waals surface area contributed by atoms with Crippen molar-refractivity contribution in [2.75, 3.05) is 6.61 Å². The Hall–Kier alpha value is -1.76. The van der Waals surface area contributed by atoms with Crippen molar-refractivity contribution in [3.05, 3.63) is 27.5 Å². The van der Waals surface area contributed by atoms with Crippen molar-refractivity contribution in [2.24, 2.45) is 0 Å². The maximum Gasteiger partial charge on any atom is 0.360 e. The molecule has 0 bridgehead atoms. The van der Waals surface area contributed by atoms with Gasteiger partial charge in [0.05, 0.1) is 29.5 Å². The number of carbonyl (C=O) groups excluding carboxylic acids is 1. The summed E-state index contributed by atoms with van der Waals surface area (Å²) in [5, 5.41) is 10.8. The Morgan fingerprint density at radius 1 is 1.50 bits per heavy atom. The van der Waals surface area contributed by atoms with E-state index in [1.165, 1.54) is 0 Å². The summed E-state index contributed by atoms with van der Waals surface area (Å²) in [4.78, 5) is 15.9. The van der Waals surface area contributed by atoms with Crippen molar-refractivity contribution in [1.82, 2.24) is 20.0 Å². The molecule has 0 N–H and O–H groups in total. The van der Waals surface area contributed by atoms with Gasteiger partial charge < -0.3 is 4.74 Å². The second-order valence-corrected chi connectivity index (χ2v) is 4.82. The average molecular weight is 266 g/mol. The van der Waals surface area contributed by atoms with Gasteiger partial charge in [-0.3, -0.25) is 0 Å². The second-order valence-electron chi connectivity index (χ2n) is 3.76. The van der Waals surface area contributed by atoms with Crippen molar-refractivity contribution >= 4 is 17.3 Å². The minimum atomic E-state index is -0.435. The van der Waals surface area contributed by atoms with Crippen molar-refractivity contribution in [3.63, 3.8) is 0 Å². The molecule has 0 aliphatic rings. The third-order valence-corrected chi connectivity index (χ3v) is 3.25. The number of aromatic nitrogens is 4. The molecule has 2 rings (SSSR count). The Morgan fingerprint density at radius 3 is 2.89 bits per heavy atom. The molecule has 0 amide bonds. The zero-order valence-corrected chi connectivity index (χ0v) is 11.3. The topological polar surface area (TPSA) is 69.9 Å². The van der Waals surface area contributed by atoms with Gasteiger partial charge in [-0.2, -0.15) is 0 Å². The third kappa shape index (κ3) is 2.56. The zero-order chi connectivity index (χ0) is 13.1. The summed E-state index contributed by atoms with van der Waals surface area (Å²) in [5.74, 6) is -0.435. The predicted octanol–water partition coefficient (Wildman–Crippen LogP) is 1.58. The Morgan fingerprint density at radius 2 is 2.28 bits per heavy atom. The van der Waals surface area contributed by atoms with Crippen LogP contribution in [-0.4, -0.2) is 32.6 Å². The van der Waals surface area contributed by atoms with Crippen LogP contribution in [0, 0.1) is 13.8 Å². The highest BCUT2D eigenvalue weighted by molar-refractivity contribution is 7.09. The Bertz CT molecular complexity index is 561. The molecule has 18 heavy (non-hydrogen) atoms. The van der Waals surface area contributed by atoms with E-state index in [2.05, 4.69) is 15.3 Å². The van der Waals surface area contributed by atoms with Crippen LogP contribution in [0.5, 0.6) is 0 Å². The summed E-state index contributed by atoms with van der Waals surface area (Å²) in [5.41, 5.74) is 1.88. The van der Waals surface area contributed by atoms with Crippen molar-refractivity contribution in [1.29, 1.82) is 0 Å². The standard InChI is InChI=1S/C11H14N4O2S/c1-4-17-11(16)10-7(2)15(14-13-10)5-9-6-18-8(3)12-9/h6H,4-5H2,1-3H3. The number of carbonyl (C=O) groups is 1. The van der Waals surface area contributed by atoms with Crippen LogP contribution < -0.4 is 0 Å².